The van der Waals surface area contributed by atoms with Crippen molar-refractivity contribution < 1.29 is 75.2 Å². The maximum Gasteiger partial charge on any atom is 1.00 e. The zero-order valence-corrected chi connectivity index (χ0v) is 41.0. The van der Waals surface area contributed by atoms with Gasteiger partial charge in [0, 0.05) is 59.6 Å². The van der Waals surface area contributed by atoms with Crippen molar-refractivity contribution in [1.29, 1.82) is 0 Å². The Morgan fingerprint density at radius 3 is 1.54 bits per heavy atom. The van der Waals surface area contributed by atoms with E-state index in [0.717, 1.165) is 34.4 Å². The molecule has 0 atom stereocenters. The van der Waals surface area contributed by atoms with E-state index in [9.17, 15) is 19.2 Å². The number of carboxylic acids is 1. The summed E-state index contributed by atoms with van der Waals surface area (Å²) in [5.41, 5.74) is 0. The summed E-state index contributed by atoms with van der Waals surface area (Å²) in [4.78, 5) is 43.8. The Bertz CT molecular complexity index is 2160. The molecule has 0 aromatic carbocycles. The van der Waals surface area contributed by atoms with Crippen LogP contribution in [0.25, 0.3) is 28.2 Å². The second-order valence-corrected chi connectivity index (χ2v) is 19.0. The molecule has 0 spiro atoms. The number of halogens is 2. The number of carbonyl (C=O) groups excluding carboxylic acids is 3. The number of hydrogen-bond donors (Lipinski definition) is 2. The number of aldehydes is 1. The van der Waals surface area contributed by atoms with Crippen molar-refractivity contribution >= 4 is 188 Å². The van der Waals surface area contributed by atoms with Gasteiger partial charge in [0.2, 0.25) is 0 Å². The first-order valence-corrected chi connectivity index (χ1v) is 24.2. The Balaban J connectivity index is 0.000000654. The Kier molecular flexibility index (Phi) is 30.2. The van der Waals surface area contributed by atoms with Gasteiger partial charge in [-0.1, -0.05) is 0 Å². The van der Waals surface area contributed by atoms with Crippen LogP contribution >= 0.6 is 135 Å². The van der Waals surface area contributed by atoms with Gasteiger partial charge in [-0.25, -0.2) is 9.59 Å². The molecule has 0 fully saturated rings. The van der Waals surface area contributed by atoms with E-state index in [-0.39, 0.29) is 59.1 Å². The molecule has 0 unspecified atom stereocenters. The predicted octanol–water partition coefficient (Wildman–Crippen LogP) is 10.9. The van der Waals surface area contributed by atoms with Crippen LogP contribution < -0.4 is 18.9 Å². The van der Waals surface area contributed by atoms with Crippen LogP contribution in [0.3, 0.4) is 0 Å². The number of esters is 2. The van der Waals surface area contributed by atoms with Crippen molar-refractivity contribution in [1.82, 2.24) is 0 Å². The summed E-state index contributed by atoms with van der Waals surface area (Å²) in [6, 6.07) is 15.8. The van der Waals surface area contributed by atoms with Gasteiger partial charge in [0.15, 0.2) is 6.29 Å². The quantitative estimate of drug-likeness (QED) is 0.0727. The second-order valence-electron chi connectivity index (χ2n) is 9.27. The van der Waals surface area contributed by atoms with Crippen molar-refractivity contribution in [2.75, 3.05) is 19.0 Å². The molecule has 0 aliphatic heterocycles. The van der Waals surface area contributed by atoms with E-state index < -0.39 is 5.97 Å². The molecule has 8 heterocycles. The molecular formula is C35H31Br2CuLiO8S9. The van der Waals surface area contributed by atoms with Crippen LogP contribution in [0.4, 0.5) is 0 Å². The first kappa shape index (κ1) is 54.8. The van der Waals surface area contributed by atoms with Crippen LogP contribution in [0.15, 0.2) is 95.1 Å². The zero-order chi connectivity index (χ0) is 38.6. The molecule has 8 aromatic rings. The minimum atomic E-state index is -0.835. The van der Waals surface area contributed by atoms with Crippen molar-refractivity contribution in [2.45, 2.75) is 13.8 Å². The van der Waals surface area contributed by atoms with Crippen molar-refractivity contribution in [3.63, 3.8) is 0 Å². The standard InChI is InChI=1S/C9H8O2S2.C7H4O2S2.C6H4S2.C5H3BrOS.C4H3BrS.C4H8O2S.Cu.Li.H2O/c1-2-11-9(10)8-5-7-6(13-8)3-4-12-7;8-7(9)6-3-5-4(11-6)1-2-10-5;1-3-7-6-2-4-8-5(1)6;6-4-1-2-8-5(4)3-7;5-4-1-2-6-3-4;1-2-6-4(5)3-7;;;/h3-5H,2H2,1H3;1-3H,(H,8,9);1-4H;1-3H;1-3H;7H,2-3H2,1H3;;;1H2/q;;;;;;;+1;/p-1. The Morgan fingerprint density at radius 1 is 0.714 bits per heavy atom. The first-order valence-electron chi connectivity index (χ1n) is 15.0. The van der Waals surface area contributed by atoms with Crippen LogP contribution in [0.1, 0.15) is 42.9 Å². The molecule has 0 amide bonds. The van der Waals surface area contributed by atoms with Crippen LogP contribution in [-0.4, -0.2) is 53.7 Å². The maximum atomic E-state index is 11.3. The van der Waals surface area contributed by atoms with E-state index in [1.165, 1.54) is 47.9 Å². The third kappa shape index (κ3) is 19.3. The minimum Gasteiger partial charge on any atom is -0.870 e. The van der Waals surface area contributed by atoms with Crippen molar-refractivity contribution in [3.8, 4) is 0 Å². The monoisotopic (exact) mass is 1090 g/mol. The van der Waals surface area contributed by atoms with E-state index in [4.69, 9.17) is 9.84 Å². The first-order chi connectivity index (χ1) is 25.6. The summed E-state index contributed by atoms with van der Waals surface area (Å²) < 4.78 is 18.7. The summed E-state index contributed by atoms with van der Waals surface area (Å²) in [5, 5.41) is 22.8. The molecule has 8 nitrogen and oxygen atoms in total. The van der Waals surface area contributed by atoms with Crippen LogP contribution in [0.5, 0.6) is 0 Å². The van der Waals surface area contributed by atoms with Gasteiger partial charge in [-0.3, -0.25) is 9.59 Å². The number of carboxylic acid groups (broad SMARTS) is 1. The number of carbonyl (C=O) groups is 4. The summed E-state index contributed by atoms with van der Waals surface area (Å²) in [7, 11) is 0. The molecule has 0 saturated heterocycles. The third-order valence-electron chi connectivity index (χ3n) is 5.71. The molecule has 56 heavy (non-hydrogen) atoms. The van der Waals surface area contributed by atoms with Gasteiger partial charge >= 0.3 is 36.8 Å². The minimum absolute atomic E-state index is 0. The summed E-state index contributed by atoms with van der Waals surface area (Å²) in [6.07, 6.45) is 0.842. The van der Waals surface area contributed by atoms with Crippen LogP contribution in [0, 0.1) is 0 Å². The summed E-state index contributed by atoms with van der Waals surface area (Å²) >= 11 is 22.9. The number of thiol groups is 1. The molecule has 0 bridgehead atoms. The second kappa shape index (κ2) is 30.8. The fourth-order valence-electron chi connectivity index (χ4n) is 3.48. The molecule has 299 valence electrons. The van der Waals surface area contributed by atoms with Gasteiger partial charge in [0.25, 0.3) is 0 Å². The van der Waals surface area contributed by atoms with Gasteiger partial charge in [0.05, 0.1) is 23.8 Å². The predicted molar refractivity (Wildman–Crippen MR) is 244 cm³/mol. The van der Waals surface area contributed by atoms with E-state index in [1.807, 2.05) is 64.2 Å². The fraction of sp³-hybridized carbons (Fsp3) is 0.143. The topological polar surface area (TPSA) is 137 Å². The molecule has 21 heteroatoms. The Hall–Kier alpha value is -1.15. The Morgan fingerprint density at radius 2 is 1.20 bits per heavy atom. The average molecular weight is 1100 g/mol. The third-order valence-corrected chi connectivity index (χ3v) is 15.3. The molecular weight excluding hydrogens is 1070 g/mol. The zero-order valence-electron chi connectivity index (χ0n) is 29.5. The van der Waals surface area contributed by atoms with E-state index >= 15 is 0 Å². The number of thiophene rings is 8. The van der Waals surface area contributed by atoms with Gasteiger partial charge in [-0.15, -0.1) is 79.4 Å². The number of ether oxygens (including phenoxy) is 2. The molecule has 8 aromatic heterocycles. The normalized spacial score (nSPS) is 9.30. The largest absolute Gasteiger partial charge is 1.00 e. The molecule has 0 saturated carbocycles. The summed E-state index contributed by atoms with van der Waals surface area (Å²) in [6.45, 7) is 4.46. The van der Waals surface area contributed by atoms with Crippen molar-refractivity contribution in [2.24, 2.45) is 0 Å². The van der Waals surface area contributed by atoms with Gasteiger partial charge in [-0.2, -0.15) is 24.0 Å². The number of aromatic carboxylic acids is 1. The molecule has 0 aliphatic carbocycles. The molecule has 8 rings (SSSR count). The smallest absolute Gasteiger partial charge is 0.870 e. The van der Waals surface area contributed by atoms with Crippen LogP contribution in [0.2, 0.25) is 0 Å². The summed E-state index contributed by atoms with van der Waals surface area (Å²) in [5.74, 6) is -1.13. The van der Waals surface area contributed by atoms with Gasteiger partial charge in [-0.05, 0) is 127 Å². The van der Waals surface area contributed by atoms with Gasteiger partial charge in [0.1, 0.15) is 9.75 Å². The molecule has 0 aliphatic rings. The van der Waals surface area contributed by atoms with Crippen molar-refractivity contribution in [3.05, 3.63) is 110 Å². The van der Waals surface area contributed by atoms with Gasteiger partial charge < -0.3 is 20.1 Å². The number of fused-ring (bicyclic) bond motifs is 3. The Labute approximate surface area is 400 Å². The van der Waals surface area contributed by atoms with E-state index in [2.05, 4.69) is 72.1 Å². The number of rotatable bonds is 6. The maximum absolute atomic E-state index is 11.3. The average Bonchev–Trinajstić information content (AvgIpc) is 3.97. The molecule has 1 radical (unpaired) electrons. The van der Waals surface area contributed by atoms with Crippen LogP contribution in [-0.2, 0) is 31.3 Å². The van der Waals surface area contributed by atoms with E-state index in [1.54, 1.807) is 69.7 Å². The SMILES string of the molecule is Brc1ccsc1.CCOC(=O)CS.CCOC(=O)c1cc2sccc2s1.O=C(O)c1cc2sccc2s1.O=Cc1sccc1Br.[Cu].[Li+].[OH-].c1cc2sccc2s1. The molecule has 2 N–H and O–H groups in total. The van der Waals surface area contributed by atoms with E-state index in [0.29, 0.717) is 23.0 Å². The fourth-order valence-corrected chi connectivity index (χ4v) is 11.8. The number of hydrogen-bond acceptors (Lipinski definition) is 16.